The Morgan fingerprint density at radius 2 is 1.97 bits per heavy atom. The summed E-state index contributed by atoms with van der Waals surface area (Å²) in [5.74, 6) is 0.950. The van der Waals surface area contributed by atoms with Gasteiger partial charge in [-0.1, -0.05) is 17.7 Å². The molecule has 0 saturated carbocycles. The molecule has 0 bridgehead atoms. The number of rotatable bonds is 6. The number of fused-ring (bicyclic) bond motifs is 2. The number of hydrogen-bond acceptors (Lipinski definition) is 6. The lowest BCUT2D eigenvalue weighted by atomic mass is 10.3. The van der Waals surface area contributed by atoms with Crippen LogP contribution in [-0.4, -0.2) is 56.3 Å². The summed E-state index contributed by atoms with van der Waals surface area (Å²) in [4.78, 5) is 34.5. The van der Waals surface area contributed by atoms with E-state index in [2.05, 4.69) is 45.0 Å². The summed E-state index contributed by atoms with van der Waals surface area (Å²) in [5, 5.41) is 6.77. The van der Waals surface area contributed by atoms with Crippen LogP contribution in [0.15, 0.2) is 51.8 Å². The molecule has 0 aromatic carbocycles. The highest BCUT2D eigenvalue weighted by Gasteiger charge is 2.27. The van der Waals surface area contributed by atoms with Gasteiger partial charge in [0.15, 0.2) is 0 Å². The molecule has 36 heavy (non-hydrogen) atoms. The first-order valence-electron chi connectivity index (χ1n) is 12.5. The Balaban J connectivity index is 1.76. The Morgan fingerprint density at radius 3 is 2.72 bits per heavy atom. The largest absolute Gasteiger partial charge is 0.383 e. The van der Waals surface area contributed by atoms with Crippen LogP contribution in [0, 0.1) is 0 Å². The van der Waals surface area contributed by atoms with Crippen molar-refractivity contribution in [3.05, 3.63) is 68.8 Å². The number of allylic oxidation sites excluding steroid dienone is 2. The number of imidazole rings is 1. The zero-order chi connectivity index (χ0) is 25.4. The van der Waals surface area contributed by atoms with Crippen molar-refractivity contribution in [2.45, 2.75) is 33.4 Å². The first-order chi connectivity index (χ1) is 17.4. The molecule has 5 heterocycles. The molecule has 4 aromatic rings. The lowest BCUT2D eigenvalue weighted by Gasteiger charge is -2.25. The van der Waals surface area contributed by atoms with Crippen LogP contribution >= 0.6 is 0 Å². The van der Waals surface area contributed by atoms with Gasteiger partial charge in [0, 0.05) is 52.7 Å². The lowest BCUT2D eigenvalue weighted by molar-refractivity contribution is 0.647. The Labute approximate surface area is 209 Å². The monoisotopic (exact) mass is 490 g/mol. The van der Waals surface area contributed by atoms with Crippen molar-refractivity contribution in [1.82, 2.24) is 28.4 Å². The summed E-state index contributed by atoms with van der Waals surface area (Å²) in [6.07, 6.45) is 6.89. The summed E-state index contributed by atoms with van der Waals surface area (Å²) < 4.78 is 6.86. The fourth-order valence-corrected chi connectivity index (χ4v) is 5.06. The van der Waals surface area contributed by atoms with Gasteiger partial charge in [-0.15, -0.1) is 0 Å². The number of nitrogens with zero attached hydrogens (tertiary/aromatic N) is 6. The van der Waals surface area contributed by atoms with Crippen molar-refractivity contribution >= 4 is 28.2 Å². The maximum atomic E-state index is 14.0. The van der Waals surface area contributed by atoms with Crippen LogP contribution in [0.1, 0.15) is 26.0 Å². The second-order valence-electron chi connectivity index (χ2n) is 9.56. The smallest absolute Gasteiger partial charge is 0.331 e. The van der Waals surface area contributed by atoms with E-state index in [0.29, 0.717) is 23.3 Å². The minimum atomic E-state index is -0.357. The van der Waals surface area contributed by atoms with Gasteiger partial charge in [0.25, 0.3) is 5.56 Å². The molecule has 1 fully saturated rings. The molecule has 4 aromatic heterocycles. The highest BCUT2D eigenvalue weighted by molar-refractivity contribution is 5.98. The summed E-state index contributed by atoms with van der Waals surface area (Å²) >= 11 is 0. The molecule has 1 saturated heterocycles. The van der Waals surface area contributed by atoms with Gasteiger partial charge in [-0.2, -0.15) is 0 Å². The van der Waals surface area contributed by atoms with E-state index in [4.69, 9.17) is 0 Å². The molecular weight excluding hydrogens is 456 g/mol. The number of aryl methyl sites for hydroxylation is 1. The van der Waals surface area contributed by atoms with E-state index in [9.17, 15) is 9.59 Å². The fourth-order valence-electron chi connectivity index (χ4n) is 5.06. The first kappa shape index (κ1) is 23.9. The van der Waals surface area contributed by atoms with Crippen LogP contribution < -0.4 is 26.8 Å². The molecule has 0 unspecified atom stereocenters. The fraction of sp³-hybridized carbons (Fsp3) is 0.423. The third-order valence-corrected chi connectivity index (χ3v) is 6.82. The second-order valence-corrected chi connectivity index (χ2v) is 9.56. The van der Waals surface area contributed by atoms with Gasteiger partial charge in [-0.3, -0.25) is 13.9 Å². The van der Waals surface area contributed by atoms with Gasteiger partial charge in [0.1, 0.15) is 28.2 Å². The first-order valence-corrected chi connectivity index (χ1v) is 12.5. The molecule has 5 rings (SSSR count). The molecular formula is C26H34N8O2. The van der Waals surface area contributed by atoms with E-state index in [0.717, 1.165) is 49.8 Å². The minimum absolute atomic E-state index is 0.106. The summed E-state index contributed by atoms with van der Waals surface area (Å²) in [6.45, 7) is 8.28. The molecule has 0 radical (unpaired) electrons. The van der Waals surface area contributed by atoms with Gasteiger partial charge in [0.2, 0.25) is 0 Å². The van der Waals surface area contributed by atoms with Crippen LogP contribution in [0.3, 0.4) is 0 Å². The number of anilines is 2. The third kappa shape index (κ3) is 4.11. The normalized spacial score (nSPS) is 14.4. The molecule has 2 N–H and O–H groups in total. The van der Waals surface area contributed by atoms with E-state index >= 15 is 0 Å². The predicted molar refractivity (Wildman–Crippen MR) is 144 cm³/mol. The maximum absolute atomic E-state index is 14.0. The molecule has 10 heteroatoms. The van der Waals surface area contributed by atoms with E-state index in [1.165, 1.54) is 10.1 Å². The molecule has 190 valence electrons. The maximum Gasteiger partial charge on any atom is 0.331 e. The molecule has 0 atom stereocenters. The molecule has 1 aliphatic heterocycles. The van der Waals surface area contributed by atoms with E-state index in [1.807, 2.05) is 42.0 Å². The van der Waals surface area contributed by atoms with Crippen molar-refractivity contribution in [3.8, 4) is 0 Å². The van der Waals surface area contributed by atoms with Crippen LogP contribution in [0.2, 0.25) is 0 Å². The van der Waals surface area contributed by atoms with E-state index in [-0.39, 0.29) is 17.8 Å². The average Bonchev–Trinajstić information content (AvgIpc) is 3.31. The van der Waals surface area contributed by atoms with Crippen molar-refractivity contribution < 1.29 is 0 Å². The summed E-state index contributed by atoms with van der Waals surface area (Å²) in [6, 6.07) is 5.74. The number of nitrogens with one attached hydrogen (secondary N) is 2. The summed E-state index contributed by atoms with van der Waals surface area (Å²) in [5.41, 5.74) is 3.91. The van der Waals surface area contributed by atoms with Gasteiger partial charge in [0.05, 0.1) is 12.2 Å². The van der Waals surface area contributed by atoms with Gasteiger partial charge >= 0.3 is 5.69 Å². The molecule has 1 aliphatic rings. The Morgan fingerprint density at radius 1 is 1.14 bits per heavy atom. The average molecular weight is 491 g/mol. The van der Waals surface area contributed by atoms with Gasteiger partial charge in [-0.25, -0.2) is 9.78 Å². The topological polar surface area (TPSA) is 93.5 Å². The summed E-state index contributed by atoms with van der Waals surface area (Å²) in [7, 11) is 3.59. The molecule has 10 nitrogen and oxygen atoms in total. The Kier molecular flexibility index (Phi) is 6.44. The van der Waals surface area contributed by atoms with Crippen LogP contribution in [0.5, 0.6) is 0 Å². The Bertz CT molecular complexity index is 1520. The quantitative estimate of drug-likeness (QED) is 0.402. The number of aromatic nitrogens is 5. The Hall–Kier alpha value is -3.79. The van der Waals surface area contributed by atoms with Crippen molar-refractivity contribution in [2.24, 2.45) is 7.05 Å². The standard InChI is InChI=1S/C26H34N8O2/c1-18(2)9-14-33-23-22(21(27-3)24(33)31-13-7-10-28-11-15-31)30(4)26(36)34(25(23)35)17-19-16-32-12-6-5-8-20(32)29-19/h5-6,8-9,12,16,27-28H,7,10-11,13-15,17H2,1-4H3. The molecule has 0 amide bonds. The number of hydrogen-bond donors (Lipinski definition) is 2. The van der Waals surface area contributed by atoms with Gasteiger partial charge < -0.3 is 24.5 Å². The number of pyridine rings is 1. The van der Waals surface area contributed by atoms with Crippen LogP contribution in [-0.2, 0) is 20.1 Å². The lowest BCUT2D eigenvalue weighted by Crippen LogP contribution is -2.40. The highest BCUT2D eigenvalue weighted by Crippen LogP contribution is 2.36. The van der Waals surface area contributed by atoms with Crippen LogP contribution in [0.4, 0.5) is 11.5 Å². The van der Waals surface area contributed by atoms with Crippen molar-refractivity contribution in [2.75, 3.05) is 43.4 Å². The zero-order valence-electron chi connectivity index (χ0n) is 21.4. The highest BCUT2D eigenvalue weighted by atomic mass is 16.2. The molecule has 0 aliphatic carbocycles. The van der Waals surface area contributed by atoms with E-state index < -0.39 is 0 Å². The van der Waals surface area contributed by atoms with Crippen molar-refractivity contribution in [3.63, 3.8) is 0 Å². The minimum Gasteiger partial charge on any atom is -0.383 e. The SMILES string of the molecule is CNc1c(N2CCCNCC2)n(CC=C(C)C)c2c(=O)n(Cc3cn4ccccc4n3)c(=O)n(C)c12. The zero-order valence-corrected chi connectivity index (χ0v) is 21.4. The third-order valence-electron chi connectivity index (χ3n) is 6.82. The second kappa shape index (κ2) is 9.69. The molecule has 0 spiro atoms. The van der Waals surface area contributed by atoms with Gasteiger partial charge in [-0.05, 0) is 38.9 Å². The van der Waals surface area contributed by atoms with Crippen molar-refractivity contribution in [1.29, 1.82) is 0 Å². The van der Waals surface area contributed by atoms with E-state index in [1.54, 1.807) is 11.6 Å². The predicted octanol–water partition coefficient (Wildman–Crippen LogP) is 2.01. The van der Waals surface area contributed by atoms with Crippen LogP contribution in [0.25, 0.3) is 16.7 Å².